The molecule has 0 radical (unpaired) electrons. The second-order valence-electron chi connectivity index (χ2n) is 5.84. The summed E-state index contributed by atoms with van der Waals surface area (Å²) in [6.07, 6.45) is 2.28. The highest BCUT2D eigenvalue weighted by Crippen LogP contribution is 2.25. The monoisotopic (exact) mass is 312 g/mol. The summed E-state index contributed by atoms with van der Waals surface area (Å²) < 4.78 is 12.5. The van der Waals surface area contributed by atoms with E-state index in [1.165, 1.54) is 0 Å². The van der Waals surface area contributed by atoms with Crippen molar-refractivity contribution in [1.29, 1.82) is 0 Å². The maximum Gasteiger partial charge on any atom is 0.233 e. The summed E-state index contributed by atoms with van der Waals surface area (Å²) in [5, 5.41) is 7.91. The first-order chi connectivity index (χ1) is 11.1. The van der Waals surface area contributed by atoms with Gasteiger partial charge in [-0.3, -0.25) is 4.79 Å². The Balaban J connectivity index is 1.73. The van der Waals surface area contributed by atoms with E-state index in [-0.39, 0.29) is 5.43 Å². The lowest BCUT2D eigenvalue weighted by Crippen LogP contribution is -2.15. The molecule has 1 aliphatic rings. The van der Waals surface area contributed by atoms with Gasteiger partial charge in [0.2, 0.25) is 11.7 Å². The normalized spacial score (nSPS) is 13.5. The number of pyridine rings is 1. The molecule has 0 N–H and O–H groups in total. The molecule has 0 saturated carbocycles. The van der Waals surface area contributed by atoms with Crippen LogP contribution in [0.25, 0.3) is 11.4 Å². The zero-order chi connectivity index (χ0) is 16.0. The Morgan fingerprint density at radius 1 is 1.22 bits per heavy atom. The zero-order valence-corrected chi connectivity index (χ0v) is 13.0. The Labute approximate surface area is 131 Å². The lowest BCUT2D eigenvalue weighted by atomic mass is 10.1. The van der Waals surface area contributed by atoms with E-state index in [4.69, 9.17) is 9.05 Å². The Kier molecular flexibility index (Phi) is 3.14. The molecule has 0 atom stereocenters. The standard InChI is InChI=1S/C16H16N4O3/c1-9-6-13(21)15(12-4-3-5-20(9)12)16-17-14(23-19-16)8-11-7-10(2)22-18-11/h6-7H,3-5,8H2,1-2H3. The third-order valence-electron chi connectivity index (χ3n) is 4.12. The molecular formula is C16H16N4O3. The molecule has 3 aromatic heterocycles. The number of nitrogens with zero attached hydrogens (tertiary/aromatic N) is 4. The lowest BCUT2D eigenvalue weighted by molar-refractivity contribution is 0.371. The van der Waals surface area contributed by atoms with Crippen LogP contribution < -0.4 is 5.43 Å². The molecule has 3 aromatic rings. The molecule has 0 aromatic carbocycles. The maximum absolute atomic E-state index is 12.4. The molecule has 0 fully saturated rings. The Morgan fingerprint density at radius 2 is 2.09 bits per heavy atom. The Bertz CT molecular complexity index is 935. The quantitative estimate of drug-likeness (QED) is 0.735. The van der Waals surface area contributed by atoms with Crippen LogP contribution in [0.1, 0.15) is 35.2 Å². The molecule has 0 spiro atoms. The van der Waals surface area contributed by atoms with Gasteiger partial charge in [0.25, 0.3) is 0 Å². The fourth-order valence-corrected chi connectivity index (χ4v) is 3.13. The van der Waals surface area contributed by atoms with Crippen molar-refractivity contribution in [3.8, 4) is 11.4 Å². The predicted molar refractivity (Wildman–Crippen MR) is 81.1 cm³/mol. The van der Waals surface area contributed by atoms with Crippen molar-refractivity contribution in [3.05, 3.63) is 51.1 Å². The molecule has 0 amide bonds. The van der Waals surface area contributed by atoms with Crippen molar-refractivity contribution in [3.63, 3.8) is 0 Å². The summed E-state index contributed by atoms with van der Waals surface area (Å²) in [4.78, 5) is 16.8. The minimum Gasteiger partial charge on any atom is -0.361 e. The number of aromatic nitrogens is 4. The lowest BCUT2D eigenvalue weighted by Gasteiger charge is -2.10. The van der Waals surface area contributed by atoms with Crippen LogP contribution in [-0.4, -0.2) is 19.9 Å². The van der Waals surface area contributed by atoms with Gasteiger partial charge in [0.15, 0.2) is 5.43 Å². The Hall–Kier alpha value is -2.70. The number of rotatable bonds is 3. The molecule has 23 heavy (non-hydrogen) atoms. The van der Waals surface area contributed by atoms with Gasteiger partial charge in [-0.2, -0.15) is 4.98 Å². The molecule has 1 aliphatic heterocycles. The fourth-order valence-electron chi connectivity index (χ4n) is 3.13. The first-order valence-electron chi connectivity index (χ1n) is 7.60. The first kappa shape index (κ1) is 13.9. The molecule has 0 bridgehead atoms. The summed E-state index contributed by atoms with van der Waals surface area (Å²) in [6, 6.07) is 3.46. The van der Waals surface area contributed by atoms with Crippen LogP contribution in [0.15, 0.2) is 26.0 Å². The minimum atomic E-state index is -0.0553. The van der Waals surface area contributed by atoms with Crippen molar-refractivity contribution in [2.75, 3.05) is 0 Å². The highest BCUT2D eigenvalue weighted by Gasteiger charge is 2.23. The predicted octanol–water partition coefficient (Wildman–Crippen LogP) is 2.04. The second kappa shape index (κ2) is 5.19. The number of hydrogen-bond donors (Lipinski definition) is 0. The molecule has 118 valence electrons. The average Bonchev–Trinajstić information content (AvgIpc) is 3.21. The van der Waals surface area contributed by atoms with Gasteiger partial charge in [0, 0.05) is 30.1 Å². The van der Waals surface area contributed by atoms with E-state index in [0.717, 1.165) is 42.2 Å². The summed E-state index contributed by atoms with van der Waals surface area (Å²) >= 11 is 0. The van der Waals surface area contributed by atoms with Crippen molar-refractivity contribution < 1.29 is 9.05 Å². The van der Waals surface area contributed by atoms with Gasteiger partial charge in [-0.1, -0.05) is 10.3 Å². The van der Waals surface area contributed by atoms with Crippen LogP contribution >= 0.6 is 0 Å². The highest BCUT2D eigenvalue weighted by molar-refractivity contribution is 5.58. The van der Waals surface area contributed by atoms with Gasteiger partial charge in [0.05, 0.1) is 17.7 Å². The molecule has 0 saturated heterocycles. The summed E-state index contributed by atoms with van der Waals surface area (Å²) in [7, 11) is 0. The summed E-state index contributed by atoms with van der Waals surface area (Å²) in [5.74, 6) is 1.51. The van der Waals surface area contributed by atoms with Crippen molar-refractivity contribution in [1.82, 2.24) is 19.9 Å². The van der Waals surface area contributed by atoms with Crippen LogP contribution in [0.3, 0.4) is 0 Å². The van der Waals surface area contributed by atoms with Gasteiger partial charge < -0.3 is 13.6 Å². The van der Waals surface area contributed by atoms with Crippen molar-refractivity contribution in [2.24, 2.45) is 0 Å². The van der Waals surface area contributed by atoms with E-state index in [1.807, 2.05) is 19.9 Å². The maximum atomic E-state index is 12.4. The molecular weight excluding hydrogens is 296 g/mol. The summed E-state index contributed by atoms with van der Waals surface area (Å²) in [5.41, 5.74) is 3.20. The third-order valence-corrected chi connectivity index (χ3v) is 4.12. The first-order valence-corrected chi connectivity index (χ1v) is 7.60. The number of fused-ring (bicyclic) bond motifs is 1. The topological polar surface area (TPSA) is 87.0 Å². The smallest absolute Gasteiger partial charge is 0.233 e. The molecule has 7 nitrogen and oxygen atoms in total. The average molecular weight is 312 g/mol. The van der Waals surface area contributed by atoms with E-state index in [0.29, 0.717) is 23.7 Å². The van der Waals surface area contributed by atoms with Crippen LogP contribution in [-0.2, 0) is 19.4 Å². The molecule has 0 aliphatic carbocycles. The largest absolute Gasteiger partial charge is 0.361 e. The van der Waals surface area contributed by atoms with Crippen LogP contribution in [0.4, 0.5) is 0 Å². The molecule has 4 heterocycles. The summed E-state index contributed by atoms with van der Waals surface area (Å²) in [6.45, 7) is 4.71. The van der Waals surface area contributed by atoms with E-state index in [9.17, 15) is 4.79 Å². The molecule has 0 unspecified atom stereocenters. The van der Waals surface area contributed by atoms with Crippen molar-refractivity contribution in [2.45, 2.75) is 39.7 Å². The van der Waals surface area contributed by atoms with Gasteiger partial charge in [-0.05, 0) is 26.7 Å². The van der Waals surface area contributed by atoms with E-state index in [1.54, 1.807) is 6.07 Å². The third kappa shape index (κ3) is 2.38. The minimum absolute atomic E-state index is 0.0553. The van der Waals surface area contributed by atoms with Crippen molar-refractivity contribution >= 4 is 0 Å². The Morgan fingerprint density at radius 3 is 2.87 bits per heavy atom. The van der Waals surface area contributed by atoms with Gasteiger partial charge in [-0.15, -0.1) is 0 Å². The van der Waals surface area contributed by atoms with E-state index in [2.05, 4.69) is 19.9 Å². The fraction of sp³-hybridized carbons (Fsp3) is 0.375. The van der Waals surface area contributed by atoms with E-state index >= 15 is 0 Å². The van der Waals surface area contributed by atoms with Gasteiger partial charge >= 0.3 is 0 Å². The van der Waals surface area contributed by atoms with Gasteiger partial charge in [-0.25, -0.2) is 0 Å². The highest BCUT2D eigenvalue weighted by atomic mass is 16.5. The van der Waals surface area contributed by atoms with Crippen LogP contribution in [0.5, 0.6) is 0 Å². The molecule has 7 heteroatoms. The number of hydrogen-bond acceptors (Lipinski definition) is 6. The zero-order valence-electron chi connectivity index (χ0n) is 13.0. The molecule has 4 rings (SSSR count). The van der Waals surface area contributed by atoms with Gasteiger partial charge in [0.1, 0.15) is 5.76 Å². The van der Waals surface area contributed by atoms with Crippen LogP contribution in [0, 0.1) is 13.8 Å². The van der Waals surface area contributed by atoms with E-state index < -0.39 is 0 Å². The SMILES string of the molecule is Cc1cc(Cc2nc(-c3c4n(c(C)cc3=O)CCC4)no2)no1. The second-order valence-corrected chi connectivity index (χ2v) is 5.84. The number of aryl methyl sites for hydroxylation is 2. The van der Waals surface area contributed by atoms with Crippen LogP contribution in [0.2, 0.25) is 0 Å².